The highest BCUT2D eigenvalue weighted by Gasteiger charge is 2.32. The van der Waals surface area contributed by atoms with Gasteiger partial charge in [0.05, 0.1) is 6.54 Å². The lowest BCUT2D eigenvalue weighted by molar-refractivity contribution is -0.148. The standard InChI is InChI=1S/C13H16F3N3O.ClH/c14-13(15,16)9-18-5-7-19(8-6-18)12(20)10-1-3-11(17)4-2-10;/h1-4H,5-9,17H2;1H. The van der Waals surface area contributed by atoms with Crippen LogP contribution in [-0.4, -0.2) is 54.6 Å². The number of alkyl halides is 3. The first-order valence-electron chi connectivity index (χ1n) is 6.29. The summed E-state index contributed by atoms with van der Waals surface area (Å²) in [6.45, 7) is 0.163. The average Bonchev–Trinajstić information content (AvgIpc) is 2.38. The van der Waals surface area contributed by atoms with Crippen LogP contribution in [0.15, 0.2) is 24.3 Å². The topological polar surface area (TPSA) is 49.6 Å². The number of nitrogens with two attached hydrogens (primary N) is 1. The molecule has 0 radical (unpaired) electrons. The molecule has 2 N–H and O–H groups in total. The van der Waals surface area contributed by atoms with E-state index >= 15 is 0 Å². The van der Waals surface area contributed by atoms with Crippen LogP contribution in [-0.2, 0) is 0 Å². The molecule has 1 aliphatic rings. The van der Waals surface area contributed by atoms with Crippen molar-refractivity contribution in [2.45, 2.75) is 6.18 Å². The Labute approximate surface area is 127 Å². The fraction of sp³-hybridized carbons (Fsp3) is 0.462. The zero-order valence-electron chi connectivity index (χ0n) is 11.3. The Balaban J connectivity index is 0.00000220. The fourth-order valence-electron chi connectivity index (χ4n) is 2.17. The van der Waals surface area contributed by atoms with Crippen molar-refractivity contribution < 1.29 is 18.0 Å². The van der Waals surface area contributed by atoms with Gasteiger partial charge in [-0.25, -0.2) is 0 Å². The lowest BCUT2D eigenvalue weighted by atomic mass is 10.1. The maximum Gasteiger partial charge on any atom is 0.401 e. The minimum absolute atomic E-state index is 0. The van der Waals surface area contributed by atoms with E-state index in [1.54, 1.807) is 29.2 Å². The summed E-state index contributed by atoms with van der Waals surface area (Å²) in [6, 6.07) is 6.51. The highest BCUT2D eigenvalue weighted by molar-refractivity contribution is 5.94. The molecule has 1 aromatic rings. The largest absolute Gasteiger partial charge is 0.401 e. The van der Waals surface area contributed by atoms with Crippen molar-refractivity contribution in [2.24, 2.45) is 0 Å². The maximum absolute atomic E-state index is 12.3. The van der Waals surface area contributed by atoms with Crippen LogP contribution in [0.2, 0.25) is 0 Å². The molecule has 1 amide bonds. The first-order valence-corrected chi connectivity index (χ1v) is 6.29. The number of carbonyl (C=O) groups is 1. The van der Waals surface area contributed by atoms with E-state index in [9.17, 15) is 18.0 Å². The van der Waals surface area contributed by atoms with Gasteiger partial charge in [0.1, 0.15) is 0 Å². The number of anilines is 1. The molecule has 4 nitrogen and oxygen atoms in total. The van der Waals surface area contributed by atoms with Crippen molar-refractivity contribution in [3.8, 4) is 0 Å². The molecule has 21 heavy (non-hydrogen) atoms. The number of amides is 1. The van der Waals surface area contributed by atoms with Gasteiger partial charge in [-0.2, -0.15) is 13.2 Å². The third kappa shape index (κ3) is 5.09. The van der Waals surface area contributed by atoms with E-state index in [4.69, 9.17) is 5.73 Å². The monoisotopic (exact) mass is 323 g/mol. The van der Waals surface area contributed by atoms with Crippen LogP contribution in [0.25, 0.3) is 0 Å². The summed E-state index contributed by atoms with van der Waals surface area (Å²) >= 11 is 0. The first-order chi connectivity index (χ1) is 9.35. The van der Waals surface area contributed by atoms with E-state index in [-0.39, 0.29) is 31.4 Å². The minimum atomic E-state index is -4.19. The van der Waals surface area contributed by atoms with Crippen LogP contribution in [0.3, 0.4) is 0 Å². The predicted octanol–water partition coefficient (Wildman–Crippen LogP) is 2.01. The number of nitrogens with zero attached hydrogens (tertiary/aromatic N) is 2. The normalized spacial score (nSPS) is 16.4. The number of carbonyl (C=O) groups excluding carboxylic acids is 1. The second-order valence-corrected chi connectivity index (χ2v) is 4.81. The van der Waals surface area contributed by atoms with E-state index < -0.39 is 12.7 Å². The Morgan fingerprint density at radius 1 is 1.10 bits per heavy atom. The van der Waals surface area contributed by atoms with E-state index in [1.807, 2.05) is 0 Å². The number of hydrogen-bond acceptors (Lipinski definition) is 3. The van der Waals surface area contributed by atoms with Crippen molar-refractivity contribution >= 4 is 24.0 Å². The zero-order chi connectivity index (χ0) is 14.8. The molecule has 0 bridgehead atoms. The molecule has 0 spiro atoms. The van der Waals surface area contributed by atoms with Gasteiger partial charge in [-0.1, -0.05) is 0 Å². The first kappa shape index (κ1) is 17.6. The molecule has 8 heteroatoms. The molecule has 0 aliphatic carbocycles. The highest BCUT2D eigenvalue weighted by Crippen LogP contribution is 2.18. The van der Waals surface area contributed by atoms with Crippen molar-refractivity contribution in [1.29, 1.82) is 0 Å². The predicted molar refractivity (Wildman–Crippen MR) is 76.5 cm³/mol. The van der Waals surface area contributed by atoms with Crippen LogP contribution >= 0.6 is 12.4 Å². The molecule has 0 unspecified atom stereocenters. The Morgan fingerprint density at radius 2 is 1.62 bits per heavy atom. The van der Waals surface area contributed by atoms with Gasteiger partial charge in [0, 0.05) is 37.4 Å². The highest BCUT2D eigenvalue weighted by atomic mass is 35.5. The maximum atomic E-state index is 12.3. The summed E-state index contributed by atoms with van der Waals surface area (Å²) in [6.07, 6.45) is -4.19. The smallest absolute Gasteiger partial charge is 0.399 e. The number of halogens is 4. The summed E-state index contributed by atoms with van der Waals surface area (Å²) in [4.78, 5) is 15.0. The molecular weight excluding hydrogens is 307 g/mol. The molecule has 1 aromatic carbocycles. The van der Waals surface area contributed by atoms with Gasteiger partial charge >= 0.3 is 6.18 Å². The number of hydrogen-bond donors (Lipinski definition) is 1. The Hall–Kier alpha value is -1.47. The van der Waals surface area contributed by atoms with E-state index in [1.165, 1.54) is 4.90 Å². The minimum Gasteiger partial charge on any atom is -0.399 e. The fourth-order valence-corrected chi connectivity index (χ4v) is 2.17. The second-order valence-electron chi connectivity index (χ2n) is 4.81. The van der Waals surface area contributed by atoms with Gasteiger partial charge in [-0.05, 0) is 24.3 Å². The second kappa shape index (κ2) is 7.00. The van der Waals surface area contributed by atoms with Crippen LogP contribution < -0.4 is 5.73 Å². The number of benzene rings is 1. The zero-order valence-corrected chi connectivity index (χ0v) is 12.1. The molecule has 0 atom stereocenters. The van der Waals surface area contributed by atoms with Crippen LogP contribution in [0.5, 0.6) is 0 Å². The van der Waals surface area contributed by atoms with Crippen LogP contribution in [0, 0.1) is 0 Å². The third-order valence-corrected chi connectivity index (χ3v) is 3.22. The molecule has 1 saturated heterocycles. The van der Waals surface area contributed by atoms with Crippen LogP contribution in [0.1, 0.15) is 10.4 Å². The van der Waals surface area contributed by atoms with Crippen LogP contribution in [0.4, 0.5) is 18.9 Å². The summed E-state index contributed by atoms with van der Waals surface area (Å²) in [5.41, 5.74) is 6.61. The summed E-state index contributed by atoms with van der Waals surface area (Å²) in [5, 5.41) is 0. The van der Waals surface area contributed by atoms with E-state index in [0.717, 1.165) is 0 Å². The van der Waals surface area contributed by atoms with Crippen molar-refractivity contribution in [3.05, 3.63) is 29.8 Å². The van der Waals surface area contributed by atoms with Crippen molar-refractivity contribution in [2.75, 3.05) is 38.5 Å². The number of rotatable bonds is 2. The van der Waals surface area contributed by atoms with Gasteiger partial charge in [0.25, 0.3) is 5.91 Å². The Bertz CT molecular complexity index is 471. The van der Waals surface area contributed by atoms with Gasteiger partial charge < -0.3 is 10.6 Å². The molecule has 0 saturated carbocycles. The molecule has 1 fully saturated rings. The Kier molecular flexibility index (Phi) is 5.86. The third-order valence-electron chi connectivity index (χ3n) is 3.22. The molecule has 2 rings (SSSR count). The van der Waals surface area contributed by atoms with E-state index in [2.05, 4.69) is 0 Å². The SMILES string of the molecule is Cl.Nc1ccc(C(=O)N2CCN(CC(F)(F)F)CC2)cc1. The van der Waals surface area contributed by atoms with E-state index in [0.29, 0.717) is 24.3 Å². The average molecular weight is 324 g/mol. The lowest BCUT2D eigenvalue weighted by Crippen LogP contribution is -2.50. The lowest BCUT2D eigenvalue weighted by Gasteiger charge is -2.35. The van der Waals surface area contributed by atoms with Crippen molar-refractivity contribution in [1.82, 2.24) is 9.80 Å². The van der Waals surface area contributed by atoms with Gasteiger partial charge in [0.15, 0.2) is 0 Å². The number of nitrogen functional groups attached to an aromatic ring is 1. The number of piperazine rings is 1. The molecule has 0 aromatic heterocycles. The van der Waals surface area contributed by atoms with Gasteiger partial charge in [0.2, 0.25) is 0 Å². The molecular formula is C13H17ClF3N3O. The summed E-state index contributed by atoms with van der Waals surface area (Å²) in [5.74, 6) is -0.170. The summed E-state index contributed by atoms with van der Waals surface area (Å²) in [7, 11) is 0. The Morgan fingerprint density at radius 3 is 2.10 bits per heavy atom. The van der Waals surface area contributed by atoms with Crippen molar-refractivity contribution in [3.63, 3.8) is 0 Å². The van der Waals surface area contributed by atoms with Gasteiger partial charge in [-0.3, -0.25) is 9.69 Å². The summed E-state index contributed by atoms with van der Waals surface area (Å²) < 4.78 is 36.8. The molecule has 118 valence electrons. The quantitative estimate of drug-likeness (QED) is 0.847. The molecule has 1 aliphatic heterocycles. The molecule has 1 heterocycles. The van der Waals surface area contributed by atoms with Gasteiger partial charge in [-0.15, -0.1) is 12.4 Å².